The maximum Gasteiger partial charge on any atom is 0.341 e. The predicted octanol–water partition coefficient (Wildman–Crippen LogP) is 3.42. The number of primary amides is 1. The molecule has 0 bridgehead atoms. The zero-order valence-corrected chi connectivity index (χ0v) is 17.1. The normalized spacial score (nSPS) is 11.1. The molecule has 7 nitrogen and oxygen atoms in total. The fourth-order valence-electron chi connectivity index (χ4n) is 3.96. The van der Waals surface area contributed by atoms with Crippen molar-refractivity contribution in [2.24, 2.45) is 5.73 Å². The molecule has 4 rings (SSSR count). The van der Waals surface area contributed by atoms with E-state index in [9.17, 15) is 18.8 Å². The second kappa shape index (κ2) is 8.14. The number of nitrogens with two attached hydrogens (primary N) is 1. The standard InChI is InChI=1S/C24H19FN2O5/c1-13-20(22(30)24(26)31)21-18(27(13)11-14-5-4-7-16(25)9-14)10-15-6-2-3-8-17(15)23(21)32-12-19(28)29/h2-10H,11-12H2,1H3,(H2,26,31)(H,28,29). The van der Waals surface area contributed by atoms with Crippen LogP contribution in [0, 0.1) is 12.7 Å². The highest BCUT2D eigenvalue weighted by Crippen LogP contribution is 2.40. The summed E-state index contributed by atoms with van der Waals surface area (Å²) < 4.78 is 21.2. The van der Waals surface area contributed by atoms with E-state index in [0.29, 0.717) is 27.5 Å². The fourth-order valence-corrected chi connectivity index (χ4v) is 3.96. The third-order valence-electron chi connectivity index (χ3n) is 5.31. The Kier molecular flexibility index (Phi) is 5.36. The molecule has 0 radical (unpaired) electrons. The maximum atomic E-state index is 13.8. The molecule has 1 amide bonds. The summed E-state index contributed by atoms with van der Waals surface area (Å²) in [4.78, 5) is 35.8. The molecule has 3 N–H and O–H groups in total. The number of carbonyl (C=O) groups is 3. The number of fused-ring (bicyclic) bond motifs is 2. The SMILES string of the molecule is Cc1c(C(=O)C(N)=O)c2c(OCC(=O)O)c3ccccc3cc2n1Cc1cccc(F)c1. The van der Waals surface area contributed by atoms with Gasteiger partial charge in [0.15, 0.2) is 6.61 Å². The van der Waals surface area contributed by atoms with Gasteiger partial charge in [-0.2, -0.15) is 0 Å². The van der Waals surface area contributed by atoms with Crippen LogP contribution in [-0.4, -0.2) is 33.9 Å². The number of ether oxygens (including phenoxy) is 1. The minimum absolute atomic E-state index is 0.0371. The number of rotatable bonds is 7. The first-order valence-electron chi connectivity index (χ1n) is 9.75. The van der Waals surface area contributed by atoms with Crippen LogP contribution in [0.2, 0.25) is 0 Å². The lowest BCUT2D eigenvalue weighted by Crippen LogP contribution is -2.24. The van der Waals surface area contributed by atoms with E-state index in [2.05, 4.69) is 0 Å². The number of amides is 1. The molecule has 8 heteroatoms. The molecule has 162 valence electrons. The van der Waals surface area contributed by atoms with Gasteiger partial charge in [-0.3, -0.25) is 9.59 Å². The number of hydrogen-bond acceptors (Lipinski definition) is 4. The third-order valence-corrected chi connectivity index (χ3v) is 5.31. The number of benzene rings is 3. The molecule has 0 atom stereocenters. The zero-order chi connectivity index (χ0) is 23.0. The summed E-state index contributed by atoms with van der Waals surface area (Å²) in [6, 6.07) is 15.0. The van der Waals surface area contributed by atoms with Crippen LogP contribution in [0.15, 0.2) is 54.6 Å². The highest BCUT2D eigenvalue weighted by Gasteiger charge is 2.27. The number of halogens is 1. The van der Waals surface area contributed by atoms with Crippen LogP contribution in [0.25, 0.3) is 21.7 Å². The van der Waals surface area contributed by atoms with Crippen LogP contribution in [0.5, 0.6) is 5.75 Å². The number of carbonyl (C=O) groups excluding carboxylic acids is 2. The van der Waals surface area contributed by atoms with Crippen LogP contribution < -0.4 is 10.5 Å². The summed E-state index contributed by atoms with van der Waals surface area (Å²) in [5.41, 5.74) is 6.96. The van der Waals surface area contributed by atoms with Crippen molar-refractivity contribution >= 4 is 39.3 Å². The average molecular weight is 434 g/mol. The van der Waals surface area contributed by atoms with Gasteiger partial charge in [0, 0.05) is 17.6 Å². The molecule has 0 aliphatic rings. The van der Waals surface area contributed by atoms with Gasteiger partial charge >= 0.3 is 5.97 Å². The van der Waals surface area contributed by atoms with E-state index in [1.54, 1.807) is 35.8 Å². The number of ketones is 1. The Morgan fingerprint density at radius 1 is 1.09 bits per heavy atom. The molecule has 1 aromatic heterocycles. The van der Waals surface area contributed by atoms with Crippen molar-refractivity contribution in [3.63, 3.8) is 0 Å². The van der Waals surface area contributed by atoms with Gasteiger partial charge in [-0.15, -0.1) is 0 Å². The Morgan fingerprint density at radius 2 is 1.84 bits per heavy atom. The molecular weight excluding hydrogens is 415 g/mol. The van der Waals surface area contributed by atoms with Crippen molar-refractivity contribution in [1.29, 1.82) is 0 Å². The largest absolute Gasteiger partial charge is 0.481 e. The van der Waals surface area contributed by atoms with Crippen LogP contribution in [-0.2, 0) is 16.1 Å². The molecule has 0 unspecified atom stereocenters. The first-order valence-corrected chi connectivity index (χ1v) is 9.75. The zero-order valence-electron chi connectivity index (χ0n) is 17.1. The number of carboxylic acids is 1. The maximum absolute atomic E-state index is 13.8. The molecule has 32 heavy (non-hydrogen) atoms. The number of nitrogens with zero attached hydrogens (tertiary/aromatic N) is 1. The Hall–Kier alpha value is -4.20. The predicted molar refractivity (Wildman–Crippen MR) is 116 cm³/mol. The van der Waals surface area contributed by atoms with Crippen molar-refractivity contribution in [1.82, 2.24) is 4.57 Å². The van der Waals surface area contributed by atoms with Crippen LogP contribution >= 0.6 is 0 Å². The number of hydrogen-bond donors (Lipinski definition) is 2. The molecule has 0 fully saturated rings. The van der Waals surface area contributed by atoms with Gasteiger partial charge in [-0.05, 0) is 36.1 Å². The molecule has 0 aliphatic heterocycles. The summed E-state index contributed by atoms with van der Waals surface area (Å²) in [5, 5.41) is 10.8. The van der Waals surface area contributed by atoms with Crippen molar-refractivity contribution in [2.45, 2.75) is 13.5 Å². The Labute approximate surface area is 181 Å². The van der Waals surface area contributed by atoms with Gasteiger partial charge in [0.05, 0.1) is 16.5 Å². The minimum atomic E-state index is -1.19. The monoisotopic (exact) mass is 434 g/mol. The lowest BCUT2D eigenvalue weighted by Gasteiger charge is -2.12. The average Bonchev–Trinajstić information content (AvgIpc) is 3.01. The van der Waals surface area contributed by atoms with E-state index in [1.165, 1.54) is 12.1 Å². The van der Waals surface area contributed by atoms with E-state index in [4.69, 9.17) is 15.6 Å². The first kappa shape index (κ1) is 21.0. The van der Waals surface area contributed by atoms with E-state index in [1.807, 2.05) is 18.2 Å². The first-order chi connectivity index (χ1) is 15.3. The van der Waals surface area contributed by atoms with Gasteiger partial charge in [0.1, 0.15) is 11.6 Å². The van der Waals surface area contributed by atoms with Gasteiger partial charge in [0.2, 0.25) is 0 Å². The lowest BCUT2D eigenvalue weighted by molar-refractivity contribution is -0.139. The minimum Gasteiger partial charge on any atom is -0.481 e. The Balaban J connectivity index is 2.08. The highest BCUT2D eigenvalue weighted by molar-refractivity contribution is 6.45. The Bertz CT molecular complexity index is 1410. The van der Waals surface area contributed by atoms with Gasteiger partial charge in [-0.25, -0.2) is 9.18 Å². The molecule has 0 saturated heterocycles. The van der Waals surface area contributed by atoms with E-state index in [-0.39, 0.29) is 17.9 Å². The topological polar surface area (TPSA) is 112 Å². The van der Waals surface area contributed by atoms with Crippen molar-refractivity contribution in [3.8, 4) is 5.75 Å². The summed E-state index contributed by atoms with van der Waals surface area (Å²) in [5.74, 6) is -3.48. The van der Waals surface area contributed by atoms with E-state index in [0.717, 1.165) is 5.39 Å². The van der Waals surface area contributed by atoms with Crippen LogP contribution in [0.1, 0.15) is 21.6 Å². The molecule has 0 aliphatic carbocycles. The van der Waals surface area contributed by atoms with E-state index >= 15 is 0 Å². The summed E-state index contributed by atoms with van der Waals surface area (Å²) in [7, 11) is 0. The molecular formula is C24H19FN2O5. The van der Waals surface area contributed by atoms with Crippen LogP contribution in [0.4, 0.5) is 4.39 Å². The fraction of sp³-hybridized carbons (Fsp3) is 0.125. The van der Waals surface area contributed by atoms with Crippen molar-refractivity contribution < 1.29 is 28.6 Å². The molecule has 0 spiro atoms. The molecule has 0 saturated carbocycles. The summed E-state index contributed by atoms with van der Waals surface area (Å²) in [6.07, 6.45) is 0. The number of aliphatic carboxylic acids is 1. The highest BCUT2D eigenvalue weighted by atomic mass is 19.1. The third kappa shape index (κ3) is 3.66. The number of carboxylic acid groups (broad SMARTS) is 1. The van der Waals surface area contributed by atoms with Gasteiger partial charge in [-0.1, -0.05) is 36.4 Å². The van der Waals surface area contributed by atoms with Gasteiger partial charge < -0.3 is 20.1 Å². The van der Waals surface area contributed by atoms with Crippen LogP contribution in [0.3, 0.4) is 0 Å². The summed E-state index contributed by atoms with van der Waals surface area (Å²) in [6.45, 7) is 1.23. The van der Waals surface area contributed by atoms with Gasteiger partial charge in [0.25, 0.3) is 11.7 Å². The Morgan fingerprint density at radius 3 is 2.53 bits per heavy atom. The lowest BCUT2D eigenvalue weighted by atomic mass is 10.0. The molecule has 4 aromatic rings. The molecule has 1 heterocycles. The number of aromatic nitrogens is 1. The second-order valence-corrected chi connectivity index (χ2v) is 7.37. The van der Waals surface area contributed by atoms with Crippen molar-refractivity contribution in [2.75, 3.05) is 6.61 Å². The summed E-state index contributed by atoms with van der Waals surface area (Å²) >= 11 is 0. The van der Waals surface area contributed by atoms with Crippen molar-refractivity contribution in [3.05, 3.63) is 77.2 Å². The quantitative estimate of drug-likeness (QED) is 0.342. The second-order valence-electron chi connectivity index (χ2n) is 7.37. The molecule has 3 aromatic carbocycles. The smallest absolute Gasteiger partial charge is 0.341 e. The van der Waals surface area contributed by atoms with E-state index < -0.39 is 30.1 Å². The number of Topliss-reactive ketones (excluding diaryl/α,β-unsaturated/α-hetero) is 1.